The lowest BCUT2D eigenvalue weighted by Gasteiger charge is -2.40. The second kappa shape index (κ2) is 6.02. The molecule has 2 aliphatic carbocycles. The largest absolute Gasteiger partial charge is 0.393 e. The van der Waals surface area contributed by atoms with Gasteiger partial charge in [-0.15, -0.1) is 0 Å². The zero-order valence-electron chi connectivity index (χ0n) is 11.3. The first-order chi connectivity index (χ1) is 8.63. The number of aliphatic hydroxyl groups is 1. The monoisotopic (exact) mass is 255 g/mol. The van der Waals surface area contributed by atoms with Gasteiger partial charge < -0.3 is 15.2 Å². The summed E-state index contributed by atoms with van der Waals surface area (Å²) >= 11 is 0. The van der Waals surface area contributed by atoms with Gasteiger partial charge in [0, 0.05) is 13.7 Å². The Kier molecular flexibility index (Phi) is 4.62. The molecule has 4 heteroatoms. The van der Waals surface area contributed by atoms with Gasteiger partial charge in [-0.2, -0.15) is 0 Å². The van der Waals surface area contributed by atoms with Crippen LogP contribution in [-0.2, 0) is 9.53 Å². The van der Waals surface area contributed by atoms with Crippen molar-refractivity contribution in [1.82, 2.24) is 5.32 Å². The Labute approximate surface area is 109 Å². The minimum atomic E-state index is -0.184. The predicted octanol–water partition coefficient (Wildman–Crippen LogP) is 1.61. The standard InChI is InChI=1S/C14H25NO3/c1-18-14(6-3-7-14)9-13(17)15-10-11-4-2-5-12(16)8-11/h11-12,16H,2-10H2,1H3,(H,15,17). The van der Waals surface area contributed by atoms with Gasteiger partial charge in [0.1, 0.15) is 0 Å². The summed E-state index contributed by atoms with van der Waals surface area (Å²) in [5.41, 5.74) is -0.184. The van der Waals surface area contributed by atoms with Crippen LogP contribution in [0.3, 0.4) is 0 Å². The number of rotatable bonds is 5. The van der Waals surface area contributed by atoms with Crippen LogP contribution in [0.25, 0.3) is 0 Å². The minimum Gasteiger partial charge on any atom is -0.393 e. The lowest BCUT2D eigenvalue weighted by Crippen LogP contribution is -2.44. The van der Waals surface area contributed by atoms with E-state index in [2.05, 4.69) is 5.32 Å². The van der Waals surface area contributed by atoms with Crippen molar-refractivity contribution in [2.24, 2.45) is 5.92 Å². The predicted molar refractivity (Wildman–Crippen MR) is 69.2 cm³/mol. The van der Waals surface area contributed by atoms with Gasteiger partial charge in [0.15, 0.2) is 0 Å². The molecular weight excluding hydrogens is 230 g/mol. The second-order valence-corrected chi connectivity index (χ2v) is 5.91. The number of nitrogens with one attached hydrogen (secondary N) is 1. The minimum absolute atomic E-state index is 0.0941. The first-order valence-corrected chi connectivity index (χ1v) is 7.13. The maximum Gasteiger partial charge on any atom is 0.222 e. The number of amides is 1. The van der Waals surface area contributed by atoms with Crippen LogP contribution in [-0.4, -0.2) is 36.4 Å². The van der Waals surface area contributed by atoms with Crippen LogP contribution in [0.2, 0.25) is 0 Å². The zero-order chi connectivity index (χ0) is 13.0. The van der Waals surface area contributed by atoms with E-state index in [1.54, 1.807) is 7.11 Å². The van der Waals surface area contributed by atoms with Gasteiger partial charge in [0.25, 0.3) is 0 Å². The van der Waals surface area contributed by atoms with Crippen LogP contribution in [0.15, 0.2) is 0 Å². The summed E-state index contributed by atoms with van der Waals surface area (Å²) in [5.74, 6) is 0.536. The molecular formula is C14H25NO3. The summed E-state index contributed by atoms with van der Waals surface area (Å²) in [6, 6.07) is 0. The molecule has 4 nitrogen and oxygen atoms in total. The van der Waals surface area contributed by atoms with E-state index in [-0.39, 0.29) is 17.6 Å². The quantitative estimate of drug-likeness (QED) is 0.784. The topological polar surface area (TPSA) is 58.6 Å². The lowest BCUT2D eigenvalue weighted by atomic mass is 9.77. The smallest absolute Gasteiger partial charge is 0.222 e. The molecule has 18 heavy (non-hydrogen) atoms. The Balaban J connectivity index is 1.68. The van der Waals surface area contributed by atoms with Gasteiger partial charge in [-0.1, -0.05) is 6.42 Å². The maximum absolute atomic E-state index is 11.9. The van der Waals surface area contributed by atoms with Crippen LogP contribution in [0, 0.1) is 5.92 Å². The van der Waals surface area contributed by atoms with E-state index in [1.165, 1.54) is 0 Å². The highest BCUT2D eigenvalue weighted by Gasteiger charge is 2.39. The van der Waals surface area contributed by atoms with Gasteiger partial charge in [0.05, 0.1) is 18.1 Å². The summed E-state index contributed by atoms with van der Waals surface area (Å²) in [7, 11) is 1.70. The highest BCUT2D eigenvalue weighted by Crippen LogP contribution is 2.37. The molecule has 2 saturated carbocycles. The molecule has 2 atom stereocenters. The van der Waals surface area contributed by atoms with Crippen molar-refractivity contribution in [2.75, 3.05) is 13.7 Å². The zero-order valence-corrected chi connectivity index (χ0v) is 11.3. The number of carbonyl (C=O) groups is 1. The SMILES string of the molecule is COC1(CC(=O)NCC2CCCC(O)C2)CCC1. The molecule has 0 heterocycles. The lowest BCUT2D eigenvalue weighted by molar-refractivity contribution is -0.134. The molecule has 0 aromatic rings. The number of carbonyl (C=O) groups excluding carboxylic acids is 1. The second-order valence-electron chi connectivity index (χ2n) is 5.91. The van der Waals surface area contributed by atoms with Crippen molar-refractivity contribution < 1.29 is 14.6 Å². The Morgan fingerprint density at radius 1 is 1.39 bits per heavy atom. The van der Waals surface area contributed by atoms with Crippen LogP contribution in [0.1, 0.15) is 51.4 Å². The average Bonchev–Trinajstić information content (AvgIpc) is 2.31. The van der Waals surface area contributed by atoms with E-state index in [4.69, 9.17) is 4.74 Å². The first-order valence-electron chi connectivity index (χ1n) is 7.13. The van der Waals surface area contributed by atoms with E-state index >= 15 is 0 Å². The average molecular weight is 255 g/mol. The number of hydrogen-bond acceptors (Lipinski definition) is 3. The van der Waals surface area contributed by atoms with Crippen molar-refractivity contribution in [3.63, 3.8) is 0 Å². The van der Waals surface area contributed by atoms with E-state index in [9.17, 15) is 9.90 Å². The molecule has 0 bridgehead atoms. The van der Waals surface area contributed by atoms with Crippen molar-refractivity contribution in [3.8, 4) is 0 Å². The molecule has 0 aliphatic heterocycles. The van der Waals surface area contributed by atoms with Gasteiger partial charge >= 0.3 is 0 Å². The molecule has 2 rings (SSSR count). The Hall–Kier alpha value is -0.610. The fourth-order valence-corrected chi connectivity index (χ4v) is 3.09. The number of ether oxygens (including phenoxy) is 1. The molecule has 0 aromatic carbocycles. The van der Waals surface area contributed by atoms with Gasteiger partial charge in [-0.3, -0.25) is 4.79 Å². The molecule has 0 radical (unpaired) electrons. The van der Waals surface area contributed by atoms with Crippen molar-refractivity contribution in [3.05, 3.63) is 0 Å². The van der Waals surface area contributed by atoms with Gasteiger partial charge in [-0.25, -0.2) is 0 Å². The fraction of sp³-hybridized carbons (Fsp3) is 0.929. The van der Waals surface area contributed by atoms with Crippen LogP contribution >= 0.6 is 0 Å². The van der Waals surface area contributed by atoms with E-state index in [0.29, 0.717) is 18.9 Å². The molecule has 2 fully saturated rings. The fourth-order valence-electron chi connectivity index (χ4n) is 3.09. The van der Waals surface area contributed by atoms with Crippen molar-refractivity contribution in [1.29, 1.82) is 0 Å². The normalized spacial score (nSPS) is 30.6. The summed E-state index contributed by atoms with van der Waals surface area (Å²) in [6.07, 6.45) is 7.41. The Morgan fingerprint density at radius 2 is 2.17 bits per heavy atom. The number of aliphatic hydroxyl groups excluding tert-OH is 1. The summed E-state index contributed by atoms with van der Waals surface area (Å²) < 4.78 is 5.45. The molecule has 2 aliphatic rings. The maximum atomic E-state index is 11.9. The number of methoxy groups -OCH3 is 1. The highest BCUT2D eigenvalue weighted by atomic mass is 16.5. The molecule has 104 valence electrons. The first kappa shape index (κ1) is 13.8. The molecule has 0 aromatic heterocycles. The van der Waals surface area contributed by atoms with Gasteiger partial charge in [0.2, 0.25) is 5.91 Å². The van der Waals surface area contributed by atoms with Crippen LogP contribution in [0.4, 0.5) is 0 Å². The summed E-state index contributed by atoms with van der Waals surface area (Å²) in [6.45, 7) is 0.704. The summed E-state index contributed by atoms with van der Waals surface area (Å²) in [4.78, 5) is 11.9. The van der Waals surface area contributed by atoms with Crippen molar-refractivity contribution >= 4 is 5.91 Å². The Morgan fingerprint density at radius 3 is 2.72 bits per heavy atom. The molecule has 2 N–H and O–H groups in total. The summed E-state index contributed by atoms with van der Waals surface area (Å²) in [5, 5.41) is 12.6. The van der Waals surface area contributed by atoms with Gasteiger partial charge in [-0.05, 0) is 44.4 Å². The molecule has 0 saturated heterocycles. The molecule has 0 spiro atoms. The third-order valence-corrected chi connectivity index (χ3v) is 4.52. The van der Waals surface area contributed by atoms with E-state index in [1.807, 2.05) is 0 Å². The van der Waals surface area contributed by atoms with E-state index < -0.39 is 0 Å². The van der Waals surface area contributed by atoms with E-state index in [0.717, 1.165) is 44.9 Å². The molecule has 2 unspecified atom stereocenters. The highest BCUT2D eigenvalue weighted by molar-refractivity contribution is 5.77. The third kappa shape index (κ3) is 3.45. The van der Waals surface area contributed by atoms with Crippen LogP contribution in [0.5, 0.6) is 0 Å². The number of hydrogen-bond donors (Lipinski definition) is 2. The molecule has 1 amide bonds. The third-order valence-electron chi connectivity index (χ3n) is 4.52. The van der Waals surface area contributed by atoms with Crippen molar-refractivity contribution in [2.45, 2.75) is 63.1 Å². The Bertz CT molecular complexity index is 283. The van der Waals surface area contributed by atoms with Crippen LogP contribution < -0.4 is 5.32 Å².